The molecule has 6 nitrogen and oxygen atoms in total. The second-order valence-electron chi connectivity index (χ2n) is 6.81. The molecule has 2 aromatic carbocycles. The fraction of sp³-hybridized carbons (Fsp3) is 0.136. The van der Waals surface area contributed by atoms with Gasteiger partial charge < -0.3 is 10.4 Å². The van der Waals surface area contributed by atoms with Gasteiger partial charge in [-0.2, -0.15) is 5.10 Å². The molecule has 0 saturated carbocycles. The third-order valence-electron chi connectivity index (χ3n) is 4.52. The van der Waals surface area contributed by atoms with Crippen LogP contribution in [0, 0.1) is 0 Å². The van der Waals surface area contributed by atoms with E-state index in [1.54, 1.807) is 35.1 Å². The Kier molecular flexibility index (Phi) is 4.53. The minimum atomic E-state index is -0.325. The molecule has 2 aromatic heterocycles. The third-order valence-corrected chi connectivity index (χ3v) is 4.52. The van der Waals surface area contributed by atoms with Gasteiger partial charge in [0.25, 0.3) is 5.91 Å². The maximum atomic E-state index is 13.1. The van der Waals surface area contributed by atoms with Crippen molar-refractivity contribution in [1.29, 1.82) is 0 Å². The topological polar surface area (TPSA) is 80.0 Å². The van der Waals surface area contributed by atoms with E-state index in [4.69, 9.17) is 4.98 Å². The van der Waals surface area contributed by atoms with Crippen LogP contribution in [0.25, 0.3) is 22.3 Å². The van der Waals surface area contributed by atoms with Gasteiger partial charge in [-0.3, -0.25) is 4.79 Å². The number of benzene rings is 2. The Hall–Kier alpha value is -3.67. The Balaban J connectivity index is 1.86. The summed E-state index contributed by atoms with van der Waals surface area (Å²) in [6.07, 6.45) is 1.66. The smallest absolute Gasteiger partial charge is 0.256 e. The first-order chi connectivity index (χ1) is 13.5. The van der Waals surface area contributed by atoms with Gasteiger partial charge in [-0.15, -0.1) is 0 Å². The minimum Gasteiger partial charge on any atom is -0.506 e. The molecule has 1 amide bonds. The molecule has 0 aliphatic carbocycles. The van der Waals surface area contributed by atoms with Gasteiger partial charge >= 0.3 is 0 Å². The number of phenolic OH excluding ortho intramolecular Hbond substituents is 1. The van der Waals surface area contributed by atoms with Crippen molar-refractivity contribution in [3.05, 3.63) is 72.4 Å². The molecular formula is C22H20N4O2. The highest BCUT2D eigenvalue weighted by Crippen LogP contribution is 2.28. The summed E-state index contributed by atoms with van der Waals surface area (Å²) in [4.78, 5) is 17.8. The SMILES string of the molecule is CC(C)n1ncc2c(C(=O)Nc3ccccc3O)cc(-c3ccccc3)nc21. The lowest BCUT2D eigenvalue weighted by Gasteiger charge is -2.11. The number of aromatic nitrogens is 3. The number of aromatic hydroxyl groups is 1. The fourth-order valence-electron chi connectivity index (χ4n) is 3.11. The number of para-hydroxylation sites is 2. The lowest BCUT2D eigenvalue weighted by molar-refractivity contribution is 0.102. The van der Waals surface area contributed by atoms with Crippen molar-refractivity contribution in [2.24, 2.45) is 0 Å². The first-order valence-electron chi connectivity index (χ1n) is 9.07. The largest absolute Gasteiger partial charge is 0.506 e. The van der Waals surface area contributed by atoms with Crippen LogP contribution < -0.4 is 5.32 Å². The molecule has 0 spiro atoms. The van der Waals surface area contributed by atoms with Crippen LogP contribution in [0.2, 0.25) is 0 Å². The molecule has 0 bridgehead atoms. The average Bonchev–Trinajstić information content (AvgIpc) is 3.14. The second-order valence-corrected chi connectivity index (χ2v) is 6.81. The summed E-state index contributed by atoms with van der Waals surface area (Å²) < 4.78 is 1.80. The standard InChI is InChI=1S/C22H20N4O2/c1-14(2)26-21-17(13-23-26)16(12-19(24-21)15-8-4-3-5-9-15)22(28)25-18-10-6-7-11-20(18)27/h3-14,27H,1-2H3,(H,25,28). The maximum absolute atomic E-state index is 13.1. The number of hydrogen-bond acceptors (Lipinski definition) is 4. The van der Waals surface area contributed by atoms with Gasteiger partial charge in [0.1, 0.15) is 5.75 Å². The molecule has 0 saturated heterocycles. The van der Waals surface area contributed by atoms with Crippen LogP contribution in [-0.2, 0) is 0 Å². The number of nitrogens with zero attached hydrogens (tertiary/aromatic N) is 3. The van der Waals surface area contributed by atoms with E-state index in [9.17, 15) is 9.90 Å². The summed E-state index contributed by atoms with van der Waals surface area (Å²) in [6.45, 7) is 4.04. The van der Waals surface area contributed by atoms with Gasteiger partial charge in [0.05, 0.1) is 28.5 Å². The van der Waals surface area contributed by atoms with Crippen LogP contribution in [0.1, 0.15) is 30.2 Å². The zero-order valence-corrected chi connectivity index (χ0v) is 15.6. The van der Waals surface area contributed by atoms with Gasteiger partial charge in [-0.1, -0.05) is 42.5 Å². The zero-order chi connectivity index (χ0) is 19.7. The Bertz CT molecular complexity index is 1150. The van der Waals surface area contributed by atoms with Gasteiger partial charge in [0.15, 0.2) is 5.65 Å². The van der Waals surface area contributed by atoms with Crippen LogP contribution in [0.15, 0.2) is 66.9 Å². The normalized spacial score (nSPS) is 11.1. The van der Waals surface area contributed by atoms with Crippen molar-refractivity contribution in [2.75, 3.05) is 5.32 Å². The van der Waals surface area contributed by atoms with E-state index in [2.05, 4.69) is 10.4 Å². The van der Waals surface area contributed by atoms with E-state index in [0.717, 1.165) is 5.56 Å². The van der Waals surface area contributed by atoms with Crippen LogP contribution >= 0.6 is 0 Å². The quantitative estimate of drug-likeness (QED) is 0.512. The Morgan fingerprint density at radius 1 is 1.07 bits per heavy atom. The van der Waals surface area contributed by atoms with Gasteiger partial charge in [-0.25, -0.2) is 9.67 Å². The molecule has 0 aliphatic rings. The molecule has 0 fully saturated rings. The Morgan fingerprint density at radius 3 is 2.50 bits per heavy atom. The van der Waals surface area contributed by atoms with Crippen LogP contribution in [0.3, 0.4) is 0 Å². The summed E-state index contributed by atoms with van der Waals surface area (Å²) in [5.74, 6) is -0.309. The monoisotopic (exact) mass is 372 g/mol. The molecule has 0 radical (unpaired) electrons. The number of hydrogen-bond donors (Lipinski definition) is 2. The average molecular weight is 372 g/mol. The first kappa shape index (κ1) is 17.7. The number of phenols is 1. The van der Waals surface area contributed by atoms with Crippen molar-refractivity contribution >= 4 is 22.6 Å². The summed E-state index contributed by atoms with van der Waals surface area (Å²) in [5.41, 5.74) is 3.07. The molecule has 0 unspecified atom stereocenters. The molecule has 4 rings (SSSR count). The zero-order valence-electron chi connectivity index (χ0n) is 15.6. The molecule has 2 heterocycles. The number of fused-ring (bicyclic) bond motifs is 1. The van der Waals surface area contributed by atoms with Crippen molar-refractivity contribution in [1.82, 2.24) is 14.8 Å². The number of nitrogens with one attached hydrogen (secondary N) is 1. The molecule has 0 aliphatic heterocycles. The van der Waals surface area contributed by atoms with Gasteiger partial charge in [0.2, 0.25) is 0 Å². The molecule has 0 atom stereocenters. The van der Waals surface area contributed by atoms with E-state index in [1.807, 2.05) is 44.2 Å². The molecular weight excluding hydrogens is 352 g/mol. The van der Waals surface area contributed by atoms with Gasteiger partial charge in [-0.05, 0) is 32.0 Å². The van der Waals surface area contributed by atoms with E-state index >= 15 is 0 Å². The highest BCUT2D eigenvalue weighted by molar-refractivity contribution is 6.13. The van der Waals surface area contributed by atoms with Crippen LogP contribution in [0.4, 0.5) is 5.69 Å². The number of carbonyl (C=O) groups excluding carboxylic acids is 1. The van der Waals surface area contributed by atoms with Crippen LogP contribution in [-0.4, -0.2) is 25.8 Å². The first-order valence-corrected chi connectivity index (χ1v) is 9.07. The van der Waals surface area contributed by atoms with Crippen LogP contribution in [0.5, 0.6) is 5.75 Å². The summed E-state index contributed by atoms with van der Waals surface area (Å²) >= 11 is 0. The van der Waals surface area contributed by atoms with E-state index in [0.29, 0.717) is 28.0 Å². The van der Waals surface area contributed by atoms with E-state index in [-0.39, 0.29) is 17.7 Å². The van der Waals surface area contributed by atoms with Crippen molar-refractivity contribution < 1.29 is 9.90 Å². The number of rotatable bonds is 4. The number of carbonyl (C=O) groups is 1. The molecule has 28 heavy (non-hydrogen) atoms. The van der Waals surface area contributed by atoms with E-state index < -0.39 is 0 Å². The highest BCUT2D eigenvalue weighted by Gasteiger charge is 2.19. The Labute approximate surface area is 162 Å². The maximum Gasteiger partial charge on any atom is 0.256 e. The minimum absolute atomic E-state index is 0.0160. The number of amides is 1. The number of pyridine rings is 1. The van der Waals surface area contributed by atoms with Crippen molar-refractivity contribution in [2.45, 2.75) is 19.9 Å². The van der Waals surface area contributed by atoms with Crippen molar-refractivity contribution in [3.63, 3.8) is 0 Å². The number of anilines is 1. The summed E-state index contributed by atoms with van der Waals surface area (Å²) in [5, 5.41) is 17.9. The van der Waals surface area contributed by atoms with E-state index in [1.165, 1.54) is 6.07 Å². The summed E-state index contributed by atoms with van der Waals surface area (Å²) in [6, 6.07) is 18.2. The lowest BCUT2D eigenvalue weighted by atomic mass is 10.1. The highest BCUT2D eigenvalue weighted by atomic mass is 16.3. The molecule has 4 aromatic rings. The third kappa shape index (κ3) is 3.20. The molecule has 2 N–H and O–H groups in total. The molecule has 6 heteroatoms. The van der Waals surface area contributed by atoms with Crippen molar-refractivity contribution in [3.8, 4) is 17.0 Å². The molecule has 140 valence electrons. The lowest BCUT2D eigenvalue weighted by Crippen LogP contribution is -2.13. The Morgan fingerprint density at radius 2 is 1.79 bits per heavy atom. The summed E-state index contributed by atoms with van der Waals surface area (Å²) in [7, 11) is 0. The predicted octanol–water partition coefficient (Wildman–Crippen LogP) is 4.64. The predicted molar refractivity (Wildman–Crippen MR) is 109 cm³/mol. The van der Waals surface area contributed by atoms with Gasteiger partial charge in [0, 0.05) is 11.6 Å². The second kappa shape index (κ2) is 7.15. The fourth-order valence-corrected chi connectivity index (χ4v) is 3.11.